The number of ether oxygens (including phenoxy) is 2. The number of nitrogens with one attached hydrogen (secondary N) is 1. The molecule has 10 heteroatoms. The van der Waals surface area contributed by atoms with Crippen molar-refractivity contribution < 1.29 is 27.4 Å². The number of benzene rings is 2. The van der Waals surface area contributed by atoms with Crippen molar-refractivity contribution in [3.63, 3.8) is 0 Å². The third-order valence-electron chi connectivity index (χ3n) is 4.15. The molecule has 2 aromatic carbocycles. The molecule has 0 aliphatic carbocycles. The summed E-state index contributed by atoms with van der Waals surface area (Å²) in [6.45, 7) is 4.35. The van der Waals surface area contributed by atoms with Crippen LogP contribution in [0.3, 0.4) is 0 Å². The molecule has 1 amide bonds. The van der Waals surface area contributed by atoms with Gasteiger partial charge in [0, 0.05) is 16.8 Å². The lowest BCUT2D eigenvalue weighted by molar-refractivity contribution is -0.143. The van der Waals surface area contributed by atoms with Gasteiger partial charge in [-0.2, -0.15) is 18.3 Å². The number of nitrogens with zero attached hydrogens (tertiary/aromatic N) is 2. The molecule has 0 aliphatic heterocycles. The van der Waals surface area contributed by atoms with Gasteiger partial charge in [-0.3, -0.25) is 4.79 Å². The van der Waals surface area contributed by atoms with E-state index in [-0.39, 0.29) is 11.4 Å². The topological polar surface area (TPSA) is 65.4 Å². The van der Waals surface area contributed by atoms with Crippen molar-refractivity contribution in [1.82, 2.24) is 9.78 Å². The second-order valence-electron chi connectivity index (χ2n) is 6.27. The number of carbonyl (C=O) groups excluding carboxylic acids is 1. The maximum absolute atomic E-state index is 13.8. The van der Waals surface area contributed by atoms with Crippen LogP contribution in [0.1, 0.15) is 29.9 Å². The average Bonchev–Trinajstić information content (AvgIpc) is 3.17. The Bertz CT molecular complexity index is 1070. The van der Waals surface area contributed by atoms with Gasteiger partial charge in [-0.05, 0) is 50.2 Å². The zero-order valence-electron chi connectivity index (χ0n) is 16.7. The number of hydrogen-bond donors (Lipinski definition) is 1. The summed E-state index contributed by atoms with van der Waals surface area (Å²) in [5.74, 6) is -0.122. The molecular weight excluding hydrogens is 435 g/mol. The van der Waals surface area contributed by atoms with Gasteiger partial charge in [0.2, 0.25) is 0 Å². The Balaban J connectivity index is 1.95. The molecule has 1 N–H and O–H groups in total. The zero-order valence-corrected chi connectivity index (χ0v) is 17.4. The highest BCUT2D eigenvalue weighted by molar-refractivity contribution is 6.30. The Morgan fingerprint density at radius 3 is 2.32 bits per heavy atom. The summed E-state index contributed by atoms with van der Waals surface area (Å²) in [5.41, 5.74) is -1.43. The lowest BCUT2D eigenvalue weighted by atomic mass is 10.2. The van der Waals surface area contributed by atoms with Crippen molar-refractivity contribution in [2.45, 2.75) is 20.0 Å². The fourth-order valence-electron chi connectivity index (χ4n) is 2.89. The molecule has 1 aromatic heterocycles. The number of rotatable bonds is 7. The van der Waals surface area contributed by atoms with Gasteiger partial charge in [-0.25, -0.2) is 4.68 Å². The molecule has 0 fully saturated rings. The normalized spacial score (nSPS) is 11.3. The Hall–Kier alpha value is -3.20. The van der Waals surface area contributed by atoms with Gasteiger partial charge < -0.3 is 14.8 Å². The molecule has 0 spiro atoms. The molecule has 0 saturated heterocycles. The molecule has 164 valence electrons. The van der Waals surface area contributed by atoms with Crippen molar-refractivity contribution in [3.8, 4) is 17.2 Å². The van der Waals surface area contributed by atoms with Crippen LogP contribution in [0.25, 0.3) is 5.69 Å². The van der Waals surface area contributed by atoms with E-state index in [1.807, 2.05) is 6.92 Å². The molecule has 0 radical (unpaired) electrons. The van der Waals surface area contributed by atoms with Crippen molar-refractivity contribution in [3.05, 3.63) is 64.9 Å². The fraction of sp³-hybridized carbons (Fsp3) is 0.238. The van der Waals surface area contributed by atoms with Crippen LogP contribution in [0.4, 0.5) is 18.9 Å². The van der Waals surface area contributed by atoms with E-state index in [2.05, 4.69) is 10.4 Å². The van der Waals surface area contributed by atoms with E-state index < -0.39 is 23.3 Å². The first-order valence-electron chi connectivity index (χ1n) is 9.36. The molecule has 6 nitrogen and oxygen atoms in total. The number of hydrogen-bond acceptors (Lipinski definition) is 4. The van der Waals surface area contributed by atoms with E-state index >= 15 is 0 Å². The monoisotopic (exact) mass is 453 g/mol. The maximum Gasteiger partial charge on any atom is 0.434 e. The quantitative estimate of drug-likeness (QED) is 0.506. The van der Waals surface area contributed by atoms with E-state index in [4.69, 9.17) is 21.1 Å². The maximum atomic E-state index is 13.8. The largest absolute Gasteiger partial charge is 0.490 e. The zero-order chi connectivity index (χ0) is 22.6. The molecule has 0 aliphatic rings. The molecule has 0 atom stereocenters. The summed E-state index contributed by atoms with van der Waals surface area (Å²) >= 11 is 5.81. The van der Waals surface area contributed by atoms with Crippen LogP contribution in [0.15, 0.2) is 48.7 Å². The highest BCUT2D eigenvalue weighted by Gasteiger charge is 2.40. The van der Waals surface area contributed by atoms with Gasteiger partial charge in [0.05, 0.1) is 30.7 Å². The molecule has 0 saturated carbocycles. The summed E-state index contributed by atoms with van der Waals surface area (Å²) < 4.78 is 53.0. The molecule has 3 aromatic rings. The minimum absolute atomic E-state index is 0.121. The summed E-state index contributed by atoms with van der Waals surface area (Å²) in [7, 11) is 0. The van der Waals surface area contributed by atoms with Crippen LogP contribution < -0.4 is 14.8 Å². The van der Waals surface area contributed by atoms with Gasteiger partial charge in [0.25, 0.3) is 5.91 Å². The van der Waals surface area contributed by atoms with Gasteiger partial charge in [-0.15, -0.1) is 0 Å². The van der Waals surface area contributed by atoms with E-state index in [0.29, 0.717) is 34.4 Å². The number of halogens is 4. The third kappa shape index (κ3) is 5.11. The first kappa shape index (κ1) is 22.5. The summed E-state index contributed by atoms with van der Waals surface area (Å²) in [5, 5.41) is 6.61. The summed E-state index contributed by atoms with van der Waals surface area (Å²) in [4.78, 5) is 12.7. The van der Waals surface area contributed by atoms with E-state index in [9.17, 15) is 18.0 Å². The SMILES string of the molecule is CCOc1ccc(NC(=O)c2cnn(-c3ccc(Cl)cc3)c2C(F)(F)F)cc1OCC. The van der Waals surface area contributed by atoms with Gasteiger partial charge in [-0.1, -0.05) is 11.6 Å². The Labute approximate surface area is 181 Å². The lowest BCUT2D eigenvalue weighted by Crippen LogP contribution is -2.20. The lowest BCUT2D eigenvalue weighted by Gasteiger charge is -2.14. The minimum Gasteiger partial charge on any atom is -0.490 e. The smallest absolute Gasteiger partial charge is 0.434 e. The van der Waals surface area contributed by atoms with E-state index in [0.717, 1.165) is 6.20 Å². The first-order chi connectivity index (χ1) is 14.7. The van der Waals surface area contributed by atoms with Gasteiger partial charge in [0.1, 0.15) is 0 Å². The van der Waals surface area contributed by atoms with Crippen molar-refractivity contribution in [1.29, 1.82) is 0 Å². The summed E-state index contributed by atoms with van der Waals surface area (Å²) in [6.07, 6.45) is -3.94. The van der Waals surface area contributed by atoms with Gasteiger partial charge in [0.15, 0.2) is 17.2 Å². The van der Waals surface area contributed by atoms with Crippen LogP contribution in [-0.2, 0) is 6.18 Å². The minimum atomic E-state index is -4.82. The second-order valence-corrected chi connectivity index (χ2v) is 6.71. The Morgan fingerprint density at radius 1 is 1.06 bits per heavy atom. The number of anilines is 1. The number of alkyl halides is 3. The number of carbonyl (C=O) groups is 1. The molecule has 1 heterocycles. The van der Waals surface area contributed by atoms with Crippen LogP contribution in [0.5, 0.6) is 11.5 Å². The summed E-state index contributed by atoms with van der Waals surface area (Å²) in [6, 6.07) is 10.2. The Morgan fingerprint density at radius 2 is 1.71 bits per heavy atom. The predicted molar refractivity (Wildman–Crippen MR) is 110 cm³/mol. The molecular formula is C21H19ClF3N3O3. The standard InChI is InChI=1S/C21H19ClF3N3O3/c1-3-30-17-10-7-14(11-18(17)31-4-2)27-20(29)16-12-26-28(19(16)21(23,24)25)15-8-5-13(22)6-9-15/h5-12H,3-4H2,1-2H3,(H,27,29). The molecule has 0 unspecified atom stereocenters. The van der Waals surface area contributed by atoms with Crippen molar-refractivity contribution in [2.24, 2.45) is 0 Å². The predicted octanol–water partition coefficient (Wildman–Crippen LogP) is 5.59. The third-order valence-corrected chi connectivity index (χ3v) is 4.41. The Kier molecular flexibility index (Phi) is 6.74. The second kappa shape index (κ2) is 9.30. The fourth-order valence-corrected chi connectivity index (χ4v) is 3.02. The van der Waals surface area contributed by atoms with Gasteiger partial charge >= 0.3 is 6.18 Å². The molecule has 0 bridgehead atoms. The van der Waals surface area contributed by atoms with Crippen LogP contribution >= 0.6 is 11.6 Å². The van der Waals surface area contributed by atoms with Crippen LogP contribution in [0.2, 0.25) is 5.02 Å². The van der Waals surface area contributed by atoms with Crippen LogP contribution in [-0.4, -0.2) is 28.9 Å². The van der Waals surface area contributed by atoms with E-state index in [1.54, 1.807) is 13.0 Å². The van der Waals surface area contributed by atoms with E-state index in [1.165, 1.54) is 36.4 Å². The van der Waals surface area contributed by atoms with Crippen molar-refractivity contribution in [2.75, 3.05) is 18.5 Å². The number of amides is 1. The molecule has 31 heavy (non-hydrogen) atoms. The highest BCUT2D eigenvalue weighted by Crippen LogP contribution is 2.35. The highest BCUT2D eigenvalue weighted by atomic mass is 35.5. The average molecular weight is 454 g/mol. The van der Waals surface area contributed by atoms with Crippen LogP contribution in [0, 0.1) is 0 Å². The molecule has 3 rings (SSSR count). The first-order valence-corrected chi connectivity index (χ1v) is 9.74. The van der Waals surface area contributed by atoms with Crippen molar-refractivity contribution >= 4 is 23.2 Å². The number of aromatic nitrogens is 2.